The van der Waals surface area contributed by atoms with Crippen LogP contribution in [0.3, 0.4) is 0 Å². The molecule has 0 aromatic carbocycles. The molecule has 4 saturated carbocycles. The molecule has 2 heteroatoms. The Kier molecular flexibility index (Phi) is 2.43. The van der Waals surface area contributed by atoms with Crippen molar-refractivity contribution in [2.24, 2.45) is 22.5 Å². The van der Waals surface area contributed by atoms with E-state index in [2.05, 4.69) is 25.6 Å². The van der Waals surface area contributed by atoms with Crippen molar-refractivity contribution in [3.05, 3.63) is 0 Å². The predicted octanol–water partition coefficient (Wildman–Crippen LogP) is 3.43. The topological polar surface area (TPSA) is 26.0 Å². The third-order valence-corrected chi connectivity index (χ3v) is 6.61. The summed E-state index contributed by atoms with van der Waals surface area (Å²) in [5.41, 5.74) is 7.03. The Labute approximate surface area is 104 Å². The fraction of sp³-hybridized carbons (Fsp3) is 1.00. The van der Waals surface area contributed by atoms with Gasteiger partial charge in [0.1, 0.15) is 0 Å². The predicted molar refractivity (Wildman–Crippen MR) is 71.6 cm³/mol. The molecular formula is C14H25NS. The molecular weight excluding hydrogens is 214 g/mol. The van der Waals surface area contributed by atoms with E-state index in [1.54, 1.807) is 0 Å². The average Bonchev–Trinajstić information content (AvgIpc) is 2.08. The first kappa shape index (κ1) is 11.4. The van der Waals surface area contributed by atoms with Crippen LogP contribution in [-0.2, 0) is 0 Å². The van der Waals surface area contributed by atoms with Crippen molar-refractivity contribution in [1.82, 2.24) is 0 Å². The Bertz CT molecular complexity index is 283. The highest BCUT2D eigenvalue weighted by Crippen LogP contribution is 2.69. The standard InChI is InChI=1S/C14H25NS/c1-12-5-11-6-13(2,8-12)10-14(7-11,9-12)16-4-3-15/h11H,3-10,15H2,1-2H3/t11?,12-,13-,14?/m1/s1. The van der Waals surface area contributed by atoms with Gasteiger partial charge in [0.15, 0.2) is 0 Å². The monoisotopic (exact) mass is 239 g/mol. The zero-order valence-electron chi connectivity index (χ0n) is 10.7. The van der Waals surface area contributed by atoms with Gasteiger partial charge in [-0.25, -0.2) is 0 Å². The second-order valence-electron chi connectivity index (χ2n) is 7.45. The van der Waals surface area contributed by atoms with Crippen LogP contribution in [0.25, 0.3) is 0 Å². The zero-order valence-corrected chi connectivity index (χ0v) is 11.5. The van der Waals surface area contributed by atoms with Crippen LogP contribution in [-0.4, -0.2) is 17.0 Å². The van der Waals surface area contributed by atoms with E-state index in [9.17, 15) is 0 Å². The highest BCUT2D eigenvalue weighted by molar-refractivity contribution is 8.00. The van der Waals surface area contributed by atoms with Crippen LogP contribution in [0.5, 0.6) is 0 Å². The van der Waals surface area contributed by atoms with Crippen LogP contribution in [0, 0.1) is 16.7 Å². The van der Waals surface area contributed by atoms with Crippen molar-refractivity contribution in [2.45, 2.75) is 57.1 Å². The molecule has 92 valence electrons. The van der Waals surface area contributed by atoms with Gasteiger partial charge in [-0.2, -0.15) is 11.8 Å². The molecule has 4 aliphatic carbocycles. The first-order chi connectivity index (χ1) is 7.47. The summed E-state index contributed by atoms with van der Waals surface area (Å²) in [4.78, 5) is 0. The highest BCUT2D eigenvalue weighted by atomic mass is 32.2. The van der Waals surface area contributed by atoms with Crippen molar-refractivity contribution in [2.75, 3.05) is 12.3 Å². The number of rotatable bonds is 3. The van der Waals surface area contributed by atoms with E-state index >= 15 is 0 Å². The van der Waals surface area contributed by atoms with Gasteiger partial charge in [0.05, 0.1) is 0 Å². The fourth-order valence-corrected chi connectivity index (χ4v) is 7.58. The molecule has 0 radical (unpaired) electrons. The van der Waals surface area contributed by atoms with Gasteiger partial charge in [-0.3, -0.25) is 0 Å². The van der Waals surface area contributed by atoms with E-state index < -0.39 is 0 Å². The largest absolute Gasteiger partial charge is 0.330 e. The van der Waals surface area contributed by atoms with Crippen LogP contribution in [0.1, 0.15) is 52.4 Å². The molecule has 4 rings (SSSR count). The first-order valence-electron chi connectivity index (χ1n) is 6.81. The summed E-state index contributed by atoms with van der Waals surface area (Å²) in [6.07, 6.45) is 8.93. The summed E-state index contributed by atoms with van der Waals surface area (Å²) in [6.45, 7) is 5.95. The van der Waals surface area contributed by atoms with E-state index in [0.29, 0.717) is 15.6 Å². The molecule has 0 unspecified atom stereocenters. The van der Waals surface area contributed by atoms with Crippen LogP contribution in [0.15, 0.2) is 0 Å². The van der Waals surface area contributed by atoms with Crippen LogP contribution < -0.4 is 5.73 Å². The van der Waals surface area contributed by atoms with Crippen molar-refractivity contribution in [1.29, 1.82) is 0 Å². The van der Waals surface area contributed by atoms with E-state index in [1.165, 1.54) is 44.3 Å². The summed E-state index contributed by atoms with van der Waals surface area (Å²) in [5.74, 6) is 2.19. The lowest BCUT2D eigenvalue weighted by molar-refractivity contribution is -0.0777. The van der Waals surface area contributed by atoms with E-state index in [4.69, 9.17) is 5.73 Å². The van der Waals surface area contributed by atoms with Gasteiger partial charge in [-0.15, -0.1) is 0 Å². The molecule has 0 amide bonds. The van der Waals surface area contributed by atoms with Gasteiger partial charge in [0.25, 0.3) is 0 Å². The summed E-state index contributed by atoms with van der Waals surface area (Å²) in [5, 5.41) is 0. The zero-order chi connectivity index (χ0) is 11.4. The molecule has 4 fully saturated rings. The lowest BCUT2D eigenvalue weighted by Crippen LogP contribution is -2.57. The molecule has 2 N–H and O–H groups in total. The lowest BCUT2D eigenvalue weighted by atomic mass is 9.45. The molecule has 1 nitrogen and oxygen atoms in total. The Morgan fingerprint density at radius 2 is 1.69 bits per heavy atom. The molecule has 0 saturated heterocycles. The number of hydrogen-bond donors (Lipinski definition) is 1. The number of hydrogen-bond acceptors (Lipinski definition) is 2. The molecule has 0 heterocycles. The quantitative estimate of drug-likeness (QED) is 0.816. The Hall–Kier alpha value is 0.310. The maximum absolute atomic E-state index is 5.70. The molecule has 0 spiro atoms. The molecule has 16 heavy (non-hydrogen) atoms. The maximum atomic E-state index is 5.70. The first-order valence-corrected chi connectivity index (χ1v) is 7.79. The minimum Gasteiger partial charge on any atom is -0.330 e. The third kappa shape index (κ3) is 1.73. The van der Waals surface area contributed by atoms with Crippen LogP contribution in [0.4, 0.5) is 0 Å². The summed E-state index contributed by atoms with van der Waals surface area (Å²) in [7, 11) is 0. The summed E-state index contributed by atoms with van der Waals surface area (Å²) in [6, 6.07) is 0. The van der Waals surface area contributed by atoms with Crippen molar-refractivity contribution >= 4 is 11.8 Å². The second-order valence-corrected chi connectivity index (χ2v) is 9.01. The number of nitrogens with two attached hydrogens (primary N) is 1. The van der Waals surface area contributed by atoms with Gasteiger partial charge in [0.2, 0.25) is 0 Å². The van der Waals surface area contributed by atoms with Gasteiger partial charge in [-0.1, -0.05) is 13.8 Å². The van der Waals surface area contributed by atoms with Crippen LogP contribution >= 0.6 is 11.8 Å². The van der Waals surface area contributed by atoms with E-state index in [-0.39, 0.29) is 0 Å². The second kappa shape index (κ2) is 3.41. The third-order valence-electron chi connectivity index (χ3n) is 5.10. The smallest absolute Gasteiger partial charge is 0.0173 e. The van der Waals surface area contributed by atoms with E-state index in [0.717, 1.165) is 12.5 Å². The fourth-order valence-electron chi connectivity index (χ4n) is 5.78. The van der Waals surface area contributed by atoms with E-state index in [1.807, 2.05) is 0 Å². The van der Waals surface area contributed by atoms with Gasteiger partial charge >= 0.3 is 0 Å². The average molecular weight is 239 g/mol. The lowest BCUT2D eigenvalue weighted by Gasteiger charge is -2.65. The normalized spacial score (nSPS) is 54.6. The highest BCUT2D eigenvalue weighted by Gasteiger charge is 2.59. The Balaban J connectivity index is 1.86. The van der Waals surface area contributed by atoms with Crippen molar-refractivity contribution < 1.29 is 0 Å². The molecule has 0 aromatic rings. The summed E-state index contributed by atoms with van der Waals surface area (Å²) >= 11 is 2.21. The SMILES string of the molecule is C[C@]12CC3CC(SCCN)(C1)C[C@](C)(C3)C2. The molecule has 0 aliphatic heterocycles. The maximum Gasteiger partial charge on any atom is 0.0173 e. The van der Waals surface area contributed by atoms with Gasteiger partial charge in [0, 0.05) is 17.0 Å². The Morgan fingerprint density at radius 1 is 1.06 bits per heavy atom. The molecule has 2 atom stereocenters. The minimum absolute atomic E-state index is 0.613. The molecule has 4 aliphatic rings. The minimum atomic E-state index is 0.613. The van der Waals surface area contributed by atoms with Gasteiger partial charge < -0.3 is 5.73 Å². The van der Waals surface area contributed by atoms with Gasteiger partial charge in [-0.05, 0) is 55.3 Å². The summed E-state index contributed by atoms with van der Waals surface area (Å²) < 4.78 is 0.613. The van der Waals surface area contributed by atoms with Crippen LogP contribution in [0.2, 0.25) is 0 Å². The van der Waals surface area contributed by atoms with Crippen molar-refractivity contribution in [3.63, 3.8) is 0 Å². The van der Waals surface area contributed by atoms with Crippen molar-refractivity contribution in [3.8, 4) is 0 Å². The Morgan fingerprint density at radius 3 is 2.19 bits per heavy atom. The molecule has 4 bridgehead atoms. The number of thioether (sulfide) groups is 1. The molecule has 0 aromatic heterocycles.